The van der Waals surface area contributed by atoms with E-state index in [1.165, 1.54) is 13.3 Å². The van der Waals surface area contributed by atoms with Gasteiger partial charge in [0.2, 0.25) is 0 Å². The van der Waals surface area contributed by atoms with E-state index >= 15 is 0 Å². The van der Waals surface area contributed by atoms with Gasteiger partial charge in [-0.2, -0.15) is 5.10 Å². The molecular weight excluding hydrogens is 330 g/mol. The molecule has 8 heteroatoms. The second-order valence-electron chi connectivity index (χ2n) is 4.04. The number of esters is 1. The summed E-state index contributed by atoms with van der Waals surface area (Å²) in [4.78, 5) is 23.1. The van der Waals surface area contributed by atoms with Crippen molar-refractivity contribution in [2.75, 3.05) is 32.7 Å². The molecule has 7 nitrogen and oxygen atoms in total. The average molecular weight is 348 g/mol. The van der Waals surface area contributed by atoms with Crippen LogP contribution < -0.4 is 10.9 Å². The van der Waals surface area contributed by atoms with Crippen LogP contribution in [0.2, 0.25) is 0 Å². The zero-order valence-corrected chi connectivity index (χ0v) is 13.1. The first-order chi connectivity index (χ1) is 9.60. The van der Waals surface area contributed by atoms with Gasteiger partial charge in [-0.05, 0) is 28.8 Å². The highest BCUT2D eigenvalue weighted by Crippen LogP contribution is 2.16. The molecule has 0 atom stereocenters. The number of carbonyl (C=O) groups excluding carboxylic acids is 1. The van der Waals surface area contributed by atoms with E-state index in [9.17, 15) is 9.59 Å². The minimum absolute atomic E-state index is 0.206. The molecule has 0 fully saturated rings. The summed E-state index contributed by atoms with van der Waals surface area (Å²) in [6.07, 6.45) is 3.37. The molecular formula is C12H18BrN3O4. The van der Waals surface area contributed by atoms with Crippen LogP contribution >= 0.6 is 15.9 Å². The van der Waals surface area contributed by atoms with Gasteiger partial charge in [-0.25, -0.2) is 4.68 Å². The smallest absolute Gasteiger partial charge is 0.327 e. The molecule has 0 saturated heterocycles. The van der Waals surface area contributed by atoms with Crippen molar-refractivity contribution >= 4 is 27.6 Å². The molecule has 1 aromatic rings. The maximum Gasteiger partial charge on any atom is 0.327 e. The van der Waals surface area contributed by atoms with Gasteiger partial charge in [-0.15, -0.1) is 0 Å². The summed E-state index contributed by atoms with van der Waals surface area (Å²) in [5.74, 6) is -0.522. The van der Waals surface area contributed by atoms with Crippen LogP contribution in [-0.4, -0.2) is 43.1 Å². The highest BCUT2D eigenvalue weighted by molar-refractivity contribution is 9.10. The number of rotatable bonds is 8. The molecule has 0 aromatic carbocycles. The Balaban J connectivity index is 2.64. The number of halogens is 1. The number of aromatic nitrogens is 2. The largest absolute Gasteiger partial charge is 0.468 e. The molecule has 20 heavy (non-hydrogen) atoms. The van der Waals surface area contributed by atoms with E-state index in [4.69, 9.17) is 4.74 Å². The summed E-state index contributed by atoms with van der Waals surface area (Å²) in [6.45, 7) is 1.22. The fourth-order valence-electron chi connectivity index (χ4n) is 1.48. The standard InChI is InChI=1S/C12H18BrN3O4/c1-19-6-4-3-5-14-9-7-15-16(8-10(17)20-2)12(18)11(9)13/h7,14H,3-6,8H2,1-2H3. The Morgan fingerprint density at radius 3 is 2.85 bits per heavy atom. The summed E-state index contributed by atoms with van der Waals surface area (Å²) in [6, 6.07) is 0. The molecule has 1 heterocycles. The first-order valence-electron chi connectivity index (χ1n) is 6.15. The molecule has 1 aromatic heterocycles. The highest BCUT2D eigenvalue weighted by atomic mass is 79.9. The summed E-state index contributed by atoms with van der Waals surface area (Å²) < 4.78 is 10.9. The van der Waals surface area contributed by atoms with E-state index in [1.54, 1.807) is 7.11 Å². The predicted molar refractivity (Wildman–Crippen MR) is 77.8 cm³/mol. The molecule has 0 aliphatic rings. The SMILES string of the molecule is COCCCCNc1cnn(CC(=O)OC)c(=O)c1Br. The maximum absolute atomic E-state index is 12.0. The fourth-order valence-corrected chi connectivity index (χ4v) is 1.93. The maximum atomic E-state index is 12.0. The predicted octanol–water partition coefficient (Wildman–Crippen LogP) is 1.02. The van der Waals surface area contributed by atoms with Gasteiger partial charge in [0.1, 0.15) is 11.0 Å². The molecule has 0 unspecified atom stereocenters. The van der Waals surface area contributed by atoms with E-state index < -0.39 is 5.97 Å². The number of carbonyl (C=O) groups is 1. The lowest BCUT2D eigenvalue weighted by molar-refractivity contribution is -0.141. The molecule has 0 aliphatic heterocycles. The van der Waals surface area contributed by atoms with Crippen LogP contribution in [-0.2, 0) is 20.8 Å². The second kappa shape index (κ2) is 8.70. The monoisotopic (exact) mass is 347 g/mol. The van der Waals surface area contributed by atoms with Crippen LogP contribution in [0, 0.1) is 0 Å². The van der Waals surface area contributed by atoms with Gasteiger partial charge < -0.3 is 14.8 Å². The van der Waals surface area contributed by atoms with E-state index in [2.05, 4.69) is 31.1 Å². The number of methoxy groups -OCH3 is 2. The van der Waals surface area contributed by atoms with Crippen LogP contribution in [0.4, 0.5) is 5.69 Å². The highest BCUT2D eigenvalue weighted by Gasteiger charge is 2.11. The second-order valence-corrected chi connectivity index (χ2v) is 4.83. The third-order valence-electron chi connectivity index (χ3n) is 2.58. The molecule has 0 spiro atoms. The molecule has 0 radical (unpaired) electrons. The number of hydrogen-bond acceptors (Lipinski definition) is 6. The van der Waals surface area contributed by atoms with Gasteiger partial charge in [0.05, 0.1) is 19.0 Å². The van der Waals surface area contributed by atoms with Crippen molar-refractivity contribution in [2.45, 2.75) is 19.4 Å². The quantitative estimate of drug-likeness (QED) is 0.558. The van der Waals surface area contributed by atoms with Gasteiger partial charge >= 0.3 is 5.97 Å². The average Bonchev–Trinajstić information content (AvgIpc) is 2.45. The van der Waals surface area contributed by atoms with Crippen molar-refractivity contribution in [1.29, 1.82) is 0 Å². The van der Waals surface area contributed by atoms with Gasteiger partial charge in [0.25, 0.3) is 5.56 Å². The lowest BCUT2D eigenvalue weighted by Crippen LogP contribution is -2.28. The number of nitrogens with one attached hydrogen (secondary N) is 1. The number of unbranched alkanes of at least 4 members (excludes halogenated alkanes) is 1. The Bertz CT molecular complexity index is 504. The van der Waals surface area contributed by atoms with E-state index in [1.807, 2.05) is 0 Å². The molecule has 0 saturated carbocycles. The van der Waals surface area contributed by atoms with Crippen LogP contribution in [0.25, 0.3) is 0 Å². The van der Waals surface area contributed by atoms with Crippen molar-refractivity contribution in [1.82, 2.24) is 9.78 Å². The van der Waals surface area contributed by atoms with Gasteiger partial charge in [0.15, 0.2) is 0 Å². The van der Waals surface area contributed by atoms with Crippen LogP contribution in [0.5, 0.6) is 0 Å². The number of hydrogen-bond donors (Lipinski definition) is 1. The Hall–Kier alpha value is -1.41. The minimum atomic E-state index is -0.522. The van der Waals surface area contributed by atoms with Crippen molar-refractivity contribution in [3.8, 4) is 0 Å². The Labute approximate surface area is 125 Å². The fraction of sp³-hybridized carbons (Fsp3) is 0.583. The Morgan fingerprint density at radius 1 is 1.45 bits per heavy atom. The van der Waals surface area contributed by atoms with E-state index in [-0.39, 0.29) is 12.1 Å². The van der Waals surface area contributed by atoms with Crippen molar-refractivity contribution in [3.05, 3.63) is 21.0 Å². The Kier molecular flexibility index (Phi) is 7.24. The van der Waals surface area contributed by atoms with Crippen LogP contribution in [0.15, 0.2) is 15.5 Å². The number of nitrogens with zero attached hydrogens (tertiary/aromatic N) is 2. The third-order valence-corrected chi connectivity index (χ3v) is 3.35. The molecule has 1 rings (SSSR count). The van der Waals surface area contributed by atoms with Gasteiger partial charge in [-0.3, -0.25) is 9.59 Å². The zero-order valence-electron chi connectivity index (χ0n) is 11.5. The molecule has 112 valence electrons. The molecule has 0 amide bonds. The molecule has 0 aliphatic carbocycles. The topological polar surface area (TPSA) is 82.4 Å². The summed E-state index contributed by atoms with van der Waals surface area (Å²) in [7, 11) is 2.92. The zero-order chi connectivity index (χ0) is 15.0. The summed E-state index contributed by atoms with van der Waals surface area (Å²) in [5, 5.41) is 7.04. The Morgan fingerprint density at radius 2 is 2.20 bits per heavy atom. The molecule has 1 N–H and O–H groups in total. The van der Waals surface area contributed by atoms with E-state index in [0.717, 1.165) is 17.5 Å². The summed E-state index contributed by atoms with van der Waals surface area (Å²) >= 11 is 3.21. The first-order valence-corrected chi connectivity index (χ1v) is 6.94. The lowest BCUT2D eigenvalue weighted by Gasteiger charge is -2.09. The van der Waals surface area contributed by atoms with E-state index in [0.29, 0.717) is 23.3 Å². The first kappa shape index (κ1) is 16.6. The van der Waals surface area contributed by atoms with Crippen molar-refractivity contribution in [3.63, 3.8) is 0 Å². The number of ether oxygens (including phenoxy) is 2. The van der Waals surface area contributed by atoms with Crippen LogP contribution in [0.3, 0.4) is 0 Å². The van der Waals surface area contributed by atoms with Crippen LogP contribution in [0.1, 0.15) is 12.8 Å². The van der Waals surface area contributed by atoms with Crippen molar-refractivity contribution in [2.24, 2.45) is 0 Å². The lowest BCUT2D eigenvalue weighted by atomic mass is 10.3. The van der Waals surface area contributed by atoms with Crippen molar-refractivity contribution < 1.29 is 14.3 Å². The normalized spacial score (nSPS) is 10.3. The van der Waals surface area contributed by atoms with Gasteiger partial charge in [0, 0.05) is 20.3 Å². The minimum Gasteiger partial charge on any atom is -0.468 e. The number of anilines is 1. The molecule has 0 bridgehead atoms. The van der Waals surface area contributed by atoms with Gasteiger partial charge in [-0.1, -0.05) is 0 Å². The third kappa shape index (κ3) is 4.93. The summed E-state index contributed by atoms with van der Waals surface area (Å²) in [5.41, 5.74) is 0.228.